The van der Waals surface area contributed by atoms with Crippen LogP contribution >= 0.6 is 0 Å². The monoisotopic (exact) mass is 557 g/mol. The molecule has 1 saturated heterocycles. The van der Waals surface area contributed by atoms with Gasteiger partial charge in [0.05, 0.1) is 12.7 Å². The number of imide groups is 1. The molecule has 40 heavy (non-hydrogen) atoms. The highest BCUT2D eigenvalue weighted by Crippen LogP contribution is 2.43. The third-order valence-corrected chi connectivity index (χ3v) is 7.68. The van der Waals surface area contributed by atoms with Crippen molar-refractivity contribution in [3.63, 3.8) is 0 Å². The minimum Gasteiger partial charge on any atom is -0.491 e. The van der Waals surface area contributed by atoms with Crippen molar-refractivity contribution < 1.29 is 36.7 Å². The van der Waals surface area contributed by atoms with E-state index in [1.54, 1.807) is 30.1 Å². The summed E-state index contributed by atoms with van der Waals surface area (Å²) in [5.74, 6) is -2.51. The summed E-state index contributed by atoms with van der Waals surface area (Å²) < 4.78 is 62.6. The van der Waals surface area contributed by atoms with E-state index < -0.39 is 61.1 Å². The van der Waals surface area contributed by atoms with E-state index in [-0.39, 0.29) is 17.7 Å². The molecule has 0 saturated carbocycles. The second kappa shape index (κ2) is 9.07. The average Bonchev–Trinajstić information content (AvgIpc) is 3.51. The molecule has 208 valence electrons. The summed E-state index contributed by atoms with van der Waals surface area (Å²) in [7, 11) is 1.79. The highest BCUT2D eigenvalue weighted by molar-refractivity contribution is 6.10. The topological polar surface area (TPSA) is 96.8 Å². The van der Waals surface area contributed by atoms with Crippen LogP contribution in [0.15, 0.2) is 48.8 Å². The van der Waals surface area contributed by atoms with Gasteiger partial charge in [0, 0.05) is 24.4 Å². The fourth-order valence-corrected chi connectivity index (χ4v) is 5.67. The Bertz CT molecular complexity index is 1550. The Balaban J connectivity index is 1.26. The smallest absolute Gasteiger partial charge is 0.412 e. The number of carbonyl (C=O) groups excluding carboxylic acids is 3. The molecule has 0 unspecified atom stereocenters. The van der Waals surface area contributed by atoms with E-state index in [1.807, 2.05) is 12.3 Å². The Hall–Kier alpha value is -4.42. The first-order chi connectivity index (χ1) is 19.0. The maximum absolute atomic E-state index is 14.0. The molecule has 2 aliphatic heterocycles. The van der Waals surface area contributed by atoms with E-state index in [0.29, 0.717) is 21.8 Å². The number of hydrogen-bond donors (Lipinski definition) is 1. The lowest BCUT2D eigenvalue weighted by atomic mass is 9.90. The van der Waals surface area contributed by atoms with Gasteiger partial charge in [-0.3, -0.25) is 19.2 Å². The van der Waals surface area contributed by atoms with Crippen molar-refractivity contribution in [1.29, 1.82) is 0 Å². The summed E-state index contributed by atoms with van der Waals surface area (Å²) in [6.07, 6.45) is -0.609. The molecule has 1 aromatic heterocycles. The first-order valence-electron chi connectivity index (χ1n) is 12.5. The first kappa shape index (κ1) is 25.8. The van der Waals surface area contributed by atoms with Crippen LogP contribution in [-0.4, -0.2) is 62.8 Å². The van der Waals surface area contributed by atoms with Crippen LogP contribution in [0.4, 0.5) is 22.4 Å². The van der Waals surface area contributed by atoms with Gasteiger partial charge < -0.3 is 15.0 Å². The largest absolute Gasteiger partial charge is 0.491 e. The summed E-state index contributed by atoms with van der Waals surface area (Å²) in [5.41, 5.74) is 1.80. The third-order valence-electron chi connectivity index (χ3n) is 7.68. The van der Waals surface area contributed by atoms with Gasteiger partial charge in [0.1, 0.15) is 30.3 Å². The maximum Gasteiger partial charge on any atom is 0.412 e. The van der Waals surface area contributed by atoms with Crippen LogP contribution in [0.1, 0.15) is 23.1 Å². The summed E-state index contributed by atoms with van der Waals surface area (Å²) in [4.78, 5) is 41.0. The molecule has 1 fully saturated rings. The number of aryl methyl sites for hydroxylation is 2. The van der Waals surface area contributed by atoms with Crippen LogP contribution in [0, 0.1) is 5.82 Å². The van der Waals surface area contributed by atoms with Crippen LogP contribution in [0.25, 0.3) is 11.1 Å². The number of rotatable bonds is 3. The Labute approximate surface area is 225 Å². The summed E-state index contributed by atoms with van der Waals surface area (Å²) in [6, 6.07) is 5.47. The van der Waals surface area contributed by atoms with Crippen molar-refractivity contribution in [2.24, 2.45) is 7.05 Å². The van der Waals surface area contributed by atoms with Gasteiger partial charge in [0.25, 0.3) is 5.91 Å². The number of amides is 4. The van der Waals surface area contributed by atoms with E-state index in [1.165, 1.54) is 6.07 Å². The number of nitrogens with zero attached hydrogens (tertiary/aromatic N) is 4. The molecule has 3 aromatic rings. The minimum atomic E-state index is -4.87. The third kappa shape index (κ3) is 4.16. The highest BCUT2D eigenvalue weighted by Gasteiger charge is 2.56. The van der Waals surface area contributed by atoms with Crippen LogP contribution in [0.5, 0.6) is 5.75 Å². The van der Waals surface area contributed by atoms with E-state index in [0.717, 1.165) is 28.8 Å². The zero-order chi connectivity index (χ0) is 28.4. The lowest BCUT2D eigenvalue weighted by molar-refractivity contribution is -0.195. The van der Waals surface area contributed by atoms with Crippen molar-refractivity contribution in [3.8, 4) is 16.9 Å². The van der Waals surface area contributed by atoms with Crippen LogP contribution in [-0.2, 0) is 35.1 Å². The molecular weight excluding hydrogens is 534 g/mol. The number of aromatic nitrogens is 2. The van der Waals surface area contributed by atoms with Gasteiger partial charge in [-0.25, -0.2) is 9.18 Å². The maximum atomic E-state index is 14.0. The van der Waals surface area contributed by atoms with E-state index in [9.17, 15) is 31.9 Å². The van der Waals surface area contributed by atoms with Crippen LogP contribution < -0.4 is 10.1 Å². The minimum absolute atomic E-state index is 0.0214. The molecule has 2 atom stereocenters. The molecule has 1 spiro atoms. The normalized spacial score (nSPS) is 22.2. The number of alkyl halides is 3. The Kier molecular flexibility index (Phi) is 5.86. The number of carbonyl (C=O) groups is 3. The number of hydrogen-bond acceptors (Lipinski definition) is 5. The van der Waals surface area contributed by atoms with Crippen molar-refractivity contribution in [2.75, 3.05) is 13.2 Å². The molecule has 2 aromatic carbocycles. The zero-order valence-corrected chi connectivity index (χ0v) is 21.2. The van der Waals surface area contributed by atoms with Crippen LogP contribution in [0.3, 0.4) is 0 Å². The second-order valence-electron chi connectivity index (χ2n) is 10.1. The van der Waals surface area contributed by atoms with Crippen molar-refractivity contribution in [3.05, 3.63) is 71.3 Å². The van der Waals surface area contributed by atoms with Gasteiger partial charge in [0.15, 0.2) is 6.04 Å². The van der Waals surface area contributed by atoms with E-state index >= 15 is 0 Å². The van der Waals surface area contributed by atoms with Crippen molar-refractivity contribution >= 4 is 17.8 Å². The van der Waals surface area contributed by atoms with Gasteiger partial charge in [-0.05, 0) is 47.7 Å². The fourth-order valence-electron chi connectivity index (χ4n) is 5.67. The van der Waals surface area contributed by atoms with Gasteiger partial charge in [-0.2, -0.15) is 18.3 Å². The molecule has 13 heteroatoms. The molecule has 1 aliphatic carbocycles. The van der Waals surface area contributed by atoms with Gasteiger partial charge in [-0.1, -0.05) is 18.2 Å². The Morgan fingerprint density at radius 3 is 2.67 bits per heavy atom. The molecular formula is C27H23F4N5O4. The van der Waals surface area contributed by atoms with E-state index in [2.05, 4.69) is 10.4 Å². The highest BCUT2D eigenvalue weighted by atomic mass is 19.4. The Morgan fingerprint density at radius 2 is 1.95 bits per heavy atom. The predicted octanol–water partition coefficient (Wildman–Crippen LogP) is 3.27. The number of fused-ring (bicyclic) bond motifs is 3. The van der Waals surface area contributed by atoms with Gasteiger partial charge in [-0.15, -0.1) is 0 Å². The molecule has 0 bridgehead atoms. The second-order valence-corrected chi connectivity index (χ2v) is 10.1. The molecule has 1 N–H and O–H groups in total. The van der Waals surface area contributed by atoms with E-state index in [4.69, 9.17) is 4.74 Å². The number of halogens is 4. The summed E-state index contributed by atoms with van der Waals surface area (Å²) in [5, 5.41) is 6.85. The molecule has 6 rings (SSSR count). The summed E-state index contributed by atoms with van der Waals surface area (Å²) >= 11 is 0. The molecule has 9 nitrogen and oxygen atoms in total. The molecule has 0 radical (unpaired) electrons. The standard InChI is InChI=1S/C27H23F4N5O4/c1-34-11-18(10-32-34)15-2-4-20-16(8-15)6-7-26(20)24(38)36(25(39)33-26)13-23(37)35-12-17-9-19(28)3-5-21(17)40-14-22(35)27(29,30)31/h2-5,8-11,22H,6-7,12-14H2,1H3,(H,33,39)/t22-,26-/m0/s1. The molecule has 4 amide bonds. The quantitative estimate of drug-likeness (QED) is 0.394. The summed E-state index contributed by atoms with van der Waals surface area (Å²) in [6.45, 7) is -2.43. The predicted molar refractivity (Wildman–Crippen MR) is 131 cm³/mol. The number of nitrogens with one attached hydrogen (secondary N) is 1. The molecule has 3 aliphatic rings. The zero-order valence-electron chi connectivity index (χ0n) is 21.2. The number of urea groups is 1. The number of benzene rings is 2. The van der Waals surface area contributed by atoms with Crippen LogP contribution in [0.2, 0.25) is 0 Å². The van der Waals surface area contributed by atoms with Gasteiger partial charge >= 0.3 is 12.2 Å². The lowest BCUT2D eigenvalue weighted by Crippen LogP contribution is -2.53. The SMILES string of the molecule is Cn1cc(-c2ccc3c(c2)CC[C@]32NC(=O)N(CC(=O)N3Cc4cc(F)ccc4OC[C@H]3C(F)(F)F)C2=O)cn1. The Morgan fingerprint density at radius 1 is 1.15 bits per heavy atom. The molecule has 3 heterocycles. The lowest BCUT2D eigenvalue weighted by Gasteiger charge is -2.31. The van der Waals surface area contributed by atoms with Crippen molar-refractivity contribution in [1.82, 2.24) is 24.9 Å². The van der Waals surface area contributed by atoms with Gasteiger partial charge in [0.2, 0.25) is 5.91 Å². The number of ether oxygens (including phenoxy) is 1. The fraction of sp³-hybridized carbons (Fsp3) is 0.333. The first-order valence-corrected chi connectivity index (χ1v) is 12.5. The van der Waals surface area contributed by atoms with Crippen molar-refractivity contribution in [2.45, 2.75) is 37.1 Å². The average molecular weight is 558 g/mol.